The molecule has 0 aliphatic carbocycles. The van der Waals surface area contributed by atoms with Gasteiger partial charge in [0, 0.05) is 23.7 Å². The third kappa shape index (κ3) is 3.07. The average molecular weight is 368 g/mol. The van der Waals surface area contributed by atoms with E-state index in [-0.39, 0.29) is 5.82 Å². The Bertz CT molecular complexity index is 1200. The van der Waals surface area contributed by atoms with Gasteiger partial charge in [-0.3, -0.25) is 0 Å². The maximum absolute atomic E-state index is 13.4. The lowest BCUT2D eigenvalue weighted by Gasteiger charge is -2.01. The van der Waals surface area contributed by atoms with E-state index in [2.05, 4.69) is 9.97 Å². The second-order valence-electron chi connectivity index (χ2n) is 6.67. The summed E-state index contributed by atoms with van der Waals surface area (Å²) >= 11 is 0. The molecule has 1 N–H and O–H groups in total. The van der Waals surface area contributed by atoms with E-state index in [0.29, 0.717) is 6.42 Å². The van der Waals surface area contributed by atoms with E-state index in [9.17, 15) is 4.39 Å². The summed E-state index contributed by atoms with van der Waals surface area (Å²) in [4.78, 5) is 8.06. The van der Waals surface area contributed by atoms with Crippen molar-refractivity contribution in [3.8, 4) is 16.9 Å². The van der Waals surface area contributed by atoms with E-state index in [1.54, 1.807) is 12.1 Å². The lowest BCUT2D eigenvalue weighted by Crippen LogP contribution is -1.94. The first kappa shape index (κ1) is 16.4. The van der Waals surface area contributed by atoms with Gasteiger partial charge in [-0.1, -0.05) is 30.3 Å². The molecule has 5 heteroatoms. The number of H-pyrrole nitrogens is 1. The van der Waals surface area contributed by atoms with Crippen molar-refractivity contribution in [3.05, 3.63) is 102 Å². The SMILES string of the molecule is Fc1ccc(-c2nn(-c3ccccc3)cc2Cc2nc3ccccc3[nH]2)cc1. The smallest absolute Gasteiger partial charge is 0.123 e. The lowest BCUT2D eigenvalue weighted by atomic mass is 10.1. The molecule has 2 aromatic heterocycles. The molecule has 0 bridgehead atoms. The van der Waals surface area contributed by atoms with Crippen LogP contribution >= 0.6 is 0 Å². The molecule has 0 unspecified atom stereocenters. The zero-order valence-corrected chi connectivity index (χ0v) is 15.0. The second kappa shape index (κ2) is 6.78. The first-order valence-electron chi connectivity index (χ1n) is 9.10. The van der Waals surface area contributed by atoms with Crippen LogP contribution in [0.4, 0.5) is 4.39 Å². The molecule has 0 amide bonds. The Hall–Kier alpha value is -3.73. The predicted molar refractivity (Wildman–Crippen MR) is 108 cm³/mol. The zero-order chi connectivity index (χ0) is 18.9. The summed E-state index contributed by atoms with van der Waals surface area (Å²) < 4.78 is 15.3. The van der Waals surface area contributed by atoms with Gasteiger partial charge in [-0.15, -0.1) is 0 Å². The van der Waals surface area contributed by atoms with Crippen LogP contribution in [-0.2, 0) is 6.42 Å². The monoisotopic (exact) mass is 368 g/mol. The Kier molecular flexibility index (Phi) is 3.98. The predicted octanol–water partition coefficient (Wildman–Crippen LogP) is 5.15. The van der Waals surface area contributed by atoms with Gasteiger partial charge < -0.3 is 4.98 Å². The van der Waals surface area contributed by atoms with Gasteiger partial charge in [0.25, 0.3) is 0 Å². The van der Waals surface area contributed by atoms with Crippen LogP contribution in [0.2, 0.25) is 0 Å². The van der Waals surface area contributed by atoms with Crippen LogP contribution in [0.3, 0.4) is 0 Å². The fourth-order valence-electron chi connectivity index (χ4n) is 3.37. The number of benzene rings is 3. The summed E-state index contributed by atoms with van der Waals surface area (Å²) in [7, 11) is 0. The maximum atomic E-state index is 13.4. The van der Waals surface area contributed by atoms with E-state index in [1.807, 2.05) is 65.5 Å². The number of rotatable bonds is 4. The summed E-state index contributed by atoms with van der Waals surface area (Å²) in [5, 5.41) is 4.78. The molecule has 0 fully saturated rings. The van der Waals surface area contributed by atoms with Gasteiger partial charge in [0.15, 0.2) is 0 Å². The van der Waals surface area contributed by atoms with Gasteiger partial charge in [-0.25, -0.2) is 14.1 Å². The first-order valence-corrected chi connectivity index (χ1v) is 9.10. The normalized spacial score (nSPS) is 11.2. The molecule has 28 heavy (non-hydrogen) atoms. The third-order valence-electron chi connectivity index (χ3n) is 4.72. The summed E-state index contributed by atoms with van der Waals surface area (Å²) in [6, 6.07) is 24.4. The zero-order valence-electron chi connectivity index (χ0n) is 15.0. The van der Waals surface area contributed by atoms with Crippen molar-refractivity contribution >= 4 is 11.0 Å². The van der Waals surface area contributed by atoms with Crippen molar-refractivity contribution in [3.63, 3.8) is 0 Å². The highest BCUT2D eigenvalue weighted by atomic mass is 19.1. The van der Waals surface area contributed by atoms with Crippen LogP contribution in [0.25, 0.3) is 28.0 Å². The van der Waals surface area contributed by atoms with Crippen molar-refractivity contribution in [1.82, 2.24) is 19.7 Å². The minimum atomic E-state index is -0.259. The number of aromatic amines is 1. The Labute approximate surface area is 161 Å². The molecular formula is C23H17FN4. The molecule has 0 saturated heterocycles. The van der Waals surface area contributed by atoms with Crippen molar-refractivity contribution < 1.29 is 4.39 Å². The number of para-hydroxylation sites is 3. The van der Waals surface area contributed by atoms with E-state index >= 15 is 0 Å². The number of fused-ring (bicyclic) bond motifs is 1. The largest absolute Gasteiger partial charge is 0.342 e. The number of nitrogens with zero attached hydrogens (tertiary/aromatic N) is 3. The Morgan fingerprint density at radius 1 is 0.857 bits per heavy atom. The quantitative estimate of drug-likeness (QED) is 0.477. The number of hydrogen-bond acceptors (Lipinski definition) is 2. The van der Waals surface area contributed by atoms with Crippen LogP contribution in [0.15, 0.2) is 85.1 Å². The van der Waals surface area contributed by atoms with Crippen molar-refractivity contribution in [2.24, 2.45) is 0 Å². The number of hydrogen-bond donors (Lipinski definition) is 1. The topological polar surface area (TPSA) is 46.5 Å². The highest BCUT2D eigenvalue weighted by Crippen LogP contribution is 2.26. The molecule has 0 spiro atoms. The summed E-state index contributed by atoms with van der Waals surface area (Å²) in [5.74, 6) is 0.613. The standard InChI is InChI=1S/C23H17FN4/c24-18-12-10-16(11-13-18)23-17(15-28(27-23)19-6-2-1-3-7-19)14-22-25-20-8-4-5-9-21(20)26-22/h1-13,15H,14H2,(H,25,26). The van der Waals surface area contributed by atoms with Gasteiger partial charge in [0.05, 0.1) is 22.4 Å². The van der Waals surface area contributed by atoms with Gasteiger partial charge in [0.2, 0.25) is 0 Å². The van der Waals surface area contributed by atoms with E-state index < -0.39 is 0 Å². The van der Waals surface area contributed by atoms with Crippen molar-refractivity contribution in [1.29, 1.82) is 0 Å². The van der Waals surface area contributed by atoms with Crippen molar-refractivity contribution in [2.75, 3.05) is 0 Å². The minimum absolute atomic E-state index is 0.259. The Balaban J connectivity index is 1.60. The molecule has 0 radical (unpaired) electrons. The number of halogens is 1. The first-order chi connectivity index (χ1) is 13.8. The minimum Gasteiger partial charge on any atom is -0.342 e. The van der Waals surface area contributed by atoms with E-state index in [4.69, 9.17) is 5.10 Å². The molecular weight excluding hydrogens is 351 g/mol. The van der Waals surface area contributed by atoms with Gasteiger partial charge in [-0.2, -0.15) is 5.10 Å². The molecule has 2 heterocycles. The Morgan fingerprint density at radius 2 is 1.61 bits per heavy atom. The third-order valence-corrected chi connectivity index (χ3v) is 4.72. The molecule has 5 rings (SSSR count). The highest BCUT2D eigenvalue weighted by Gasteiger charge is 2.15. The van der Waals surface area contributed by atoms with Gasteiger partial charge >= 0.3 is 0 Å². The van der Waals surface area contributed by atoms with Crippen LogP contribution in [0.1, 0.15) is 11.4 Å². The van der Waals surface area contributed by atoms with Gasteiger partial charge in [-0.05, 0) is 48.5 Å². The average Bonchev–Trinajstić information content (AvgIpc) is 3.33. The molecule has 136 valence electrons. The summed E-state index contributed by atoms with van der Waals surface area (Å²) in [5.41, 5.74) is 5.65. The van der Waals surface area contributed by atoms with Crippen LogP contribution in [0, 0.1) is 5.82 Å². The van der Waals surface area contributed by atoms with Gasteiger partial charge in [0.1, 0.15) is 11.6 Å². The number of nitrogens with one attached hydrogen (secondary N) is 1. The Morgan fingerprint density at radius 3 is 2.39 bits per heavy atom. The molecule has 0 aliphatic heterocycles. The number of aromatic nitrogens is 4. The lowest BCUT2D eigenvalue weighted by molar-refractivity contribution is 0.628. The van der Waals surface area contributed by atoms with E-state index in [0.717, 1.165) is 39.4 Å². The van der Waals surface area contributed by atoms with Crippen LogP contribution in [-0.4, -0.2) is 19.7 Å². The maximum Gasteiger partial charge on any atom is 0.123 e. The fourth-order valence-corrected chi connectivity index (χ4v) is 3.37. The highest BCUT2D eigenvalue weighted by molar-refractivity contribution is 5.75. The molecule has 0 saturated carbocycles. The molecule has 3 aromatic carbocycles. The molecule has 4 nitrogen and oxygen atoms in total. The summed E-state index contributed by atoms with van der Waals surface area (Å²) in [6.45, 7) is 0. The summed E-state index contributed by atoms with van der Waals surface area (Å²) in [6.07, 6.45) is 2.62. The number of imidazole rings is 1. The fraction of sp³-hybridized carbons (Fsp3) is 0.0435. The molecule has 5 aromatic rings. The molecule has 0 atom stereocenters. The molecule has 0 aliphatic rings. The van der Waals surface area contributed by atoms with E-state index in [1.165, 1.54) is 12.1 Å². The van der Waals surface area contributed by atoms with Crippen LogP contribution in [0.5, 0.6) is 0 Å². The van der Waals surface area contributed by atoms with Crippen LogP contribution < -0.4 is 0 Å². The van der Waals surface area contributed by atoms with Crippen molar-refractivity contribution in [2.45, 2.75) is 6.42 Å². The second-order valence-corrected chi connectivity index (χ2v) is 6.67.